The van der Waals surface area contributed by atoms with Gasteiger partial charge in [0.05, 0.1) is 12.3 Å². The van der Waals surface area contributed by atoms with E-state index in [0.29, 0.717) is 22.5 Å². The molecule has 3 N–H and O–H groups in total. The first-order valence-corrected chi connectivity index (χ1v) is 11.6. The van der Waals surface area contributed by atoms with Crippen LogP contribution in [0.3, 0.4) is 0 Å². The lowest BCUT2D eigenvalue weighted by molar-refractivity contribution is 0.103. The number of aromatic nitrogens is 1. The first-order valence-electron chi connectivity index (χ1n) is 9.25. The smallest absolute Gasteiger partial charge is 0.221 e. The average Bonchev–Trinajstić information content (AvgIpc) is 3.05. The van der Waals surface area contributed by atoms with Crippen LogP contribution in [0.2, 0.25) is 0 Å². The Balaban J connectivity index is 2.05. The summed E-state index contributed by atoms with van der Waals surface area (Å²) in [7, 11) is -2.47. The number of primary sulfonamides is 1. The number of aryl methyl sites for hydroxylation is 1. The summed E-state index contributed by atoms with van der Waals surface area (Å²) in [6.45, 7) is 1.17. The Morgan fingerprint density at radius 3 is 2.37 bits per heavy atom. The van der Waals surface area contributed by atoms with Gasteiger partial charge in [0.2, 0.25) is 15.8 Å². The first kappa shape index (κ1) is 22.4. The van der Waals surface area contributed by atoms with Crippen LogP contribution in [0.1, 0.15) is 32.9 Å². The minimum absolute atomic E-state index is 0.0740. The number of nitrogens with two attached hydrogens (primary N) is 1. The number of carbonyl (C=O) groups is 1. The van der Waals surface area contributed by atoms with Crippen LogP contribution >= 0.6 is 15.9 Å². The molecule has 1 atom stereocenters. The molecule has 0 saturated carbocycles. The van der Waals surface area contributed by atoms with Gasteiger partial charge in [-0.05, 0) is 48.4 Å². The van der Waals surface area contributed by atoms with Gasteiger partial charge in [-0.3, -0.25) is 4.79 Å². The van der Waals surface area contributed by atoms with Crippen LogP contribution in [0.5, 0.6) is 0 Å². The van der Waals surface area contributed by atoms with E-state index in [4.69, 9.17) is 5.14 Å². The summed E-state index contributed by atoms with van der Waals surface area (Å²) in [4.78, 5) is 13.1. The van der Waals surface area contributed by atoms with Crippen molar-refractivity contribution in [2.24, 2.45) is 12.2 Å². The van der Waals surface area contributed by atoms with Gasteiger partial charge in [0, 0.05) is 29.2 Å². The van der Waals surface area contributed by atoms with Crippen molar-refractivity contribution in [1.29, 1.82) is 0 Å². The molecule has 2 aromatic carbocycles. The molecule has 0 spiro atoms. The summed E-state index contributed by atoms with van der Waals surface area (Å²) in [6.07, 6.45) is -0.0740. The molecular formula is C22H23BrN2O4S. The molecular weight excluding hydrogens is 468 g/mol. The average molecular weight is 491 g/mol. The highest BCUT2D eigenvalue weighted by Gasteiger charge is 2.44. The van der Waals surface area contributed by atoms with Crippen molar-refractivity contribution in [3.63, 3.8) is 0 Å². The van der Waals surface area contributed by atoms with Crippen molar-refractivity contribution in [2.45, 2.75) is 18.1 Å². The van der Waals surface area contributed by atoms with E-state index in [9.17, 15) is 18.3 Å². The quantitative estimate of drug-likeness (QED) is 0.496. The summed E-state index contributed by atoms with van der Waals surface area (Å²) >= 11 is 3.39. The summed E-state index contributed by atoms with van der Waals surface area (Å²) in [6, 6.07) is 17.2. The van der Waals surface area contributed by atoms with Crippen molar-refractivity contribution in [2.75, 3.05) is 6.61 Å². The number of hydrogen-bond acceptors (Lipinski definition) is 4. The highest BCUT2D eigenvalue weighted by molar-refractivity contribution is 9.10. The van der Waals surface area contributed by atoms with E-state index in [1.54, 1.807) is 66.2 Å². The Labute approximate surface area is 184 Å². The van der Waals surface area contributed by atoms with E-state index in [-0.39, 0.29) is 12.2 Å². The summed E-state index contributed by atoms with van der Waals surface area (Å²) in [5.74, 6) is -0.168. The summed E-state index contributed by atoms with van der Waals surface area (Å²) in [5, 5.41) is 15.7. The normalized spacial score (nSPS) is 13.8. The van der Waals surface area contributed by atoms with E-state index in [2.05, 4.69) is 15.9 Å². The third kappa shape index (κ3) is 4.00. The molecule has 158 valence electrons. The fourth-order valence-corrected chi connectivity index (χ4v) is 5.09. The maximum Gasteiger partial charge on any atom is 0.221 e. The predicted octanol–water partition coefficient (Wildman–Crippen LogP) is 3.05. The molecule has 0 aliphatic rings. The van der Waals surface area contributed by atoms with Gasteiger partial charge in [-0.25, -0.2) is 13.6 Å². The van der Waals surface area contributed by atoms with Crippen LogP contribution in [0.25, 0.3) is 0 Å². The SMILES string of the molecule is Cc1cc(Br)ccc1C(=O)c1ccc(CC(CO)(c2ccccc2)S(N)(=O)=O)n1C. The summed E-state index contributed by atoms with van der Waals surface area (Å²) < 4.78 is 26.0. The molecule has 1 heterocycles. The van der Waals surface area contributed by atoms with Crippen molar-refractivity contribution in [1.82, 2.24) is 4.57 Å². The number of rotatable bonds is 7. The van der Waals surface area contributed by atoms with Crippen molar-refractivity contribution in [3.05, 3.63) is 93.2 Å². The van der Waals surface area contributed by atoms with E-state index in [0.717, 1.165) is 10.0 Å². The number of carbonyl (C=O) groups excluding carboxylic acids is 1. The standard InChI is InChI=1S/C22H23BrN2O4S/c1-15-12-17(23)8-10-19(15)21(27)20-11-9-18(25(20)2)13-22(14-26,30(24,28)29)16-6-4-3-5-7-16/h3-12,26H,13-14H2,1-2H3,(H2,24,28,29). The van der Waals surface area contributed by atoms with Crippen molar-refractivity contribution < 1.29 is 18.3 Å². The van der Waals surface area contributed by atoms with Gasteiger partial charge in [0.15, 0.2) is 0 Å². The van der Waals surface area contributed by atoms with E-state index in [1.807, 2.05) is 13.0 Å². The Morgan fingerprint density at radius 2 is 1.80 bits per heavy atom. The van der Waals surface area contributed by atoms with Gasteiger partial charge in [0.25, 0.3) is 0 Å². The van der Waals surface area contributed by atoms with Gasteiger partial charge in [-0.1, -0.05) is 46.3 Å². The van der Waals surface area contributed by atoms with Crippen LogP contribution in [0.15, 0.2) is 65.1 Å². The Hall–Kier alpha value is -2.26. The van der Waals surface area contributed by atoms with Gasteiger partial charge in [-0.15, -0.1) is 0 Å². The Kier molecular flexibility index (Phi) is 6.33. The highest BCUT2D eigenvalue weighted by atomic mass is 79.9. The second-order valence-corrected chi connectivity index (χ2v) is 10.1. The molecule has 0 amide bonds. The second-order valence-electron chi connectivity index (χ2n) is 7.30. The highest BCUT2D eigenvalue weighted by Crippen LogP contribution is 2.33. The number of aliphatic hydroxyl groups excluding tert-OH is 1. The molecule has 0 fully saturated rings. The molecule has 8 heteroatoms. The zero-order chi connectivity index (χ0) is 22.1. The predicted molar refractivity (Wildman–Crippen MR) is 120 cm³/mol. The maximum atomic E-state index is 13.1. The zero-order valence-corrected chi connectivity index (χ0v) is 19.1. The first-order chi connectivity index (χ1) is 14.1. The Bertz CT molecular complexity index is 1190. The van der Waals surface area contributed by atoms with E-state index >= 15 is 0 Å². The van der Waals surface area contributed by atoms with Gasteiger partial charge >= 0.3 is 0 Å². The minimum atomic E-state index is -4.17. The zero-order valence-electron chi connectivity index (χ0n) is 16.7. The van der Waals surface area contributed by atoms with Crippen molar-refractivity contribution >= 4 is 31.7 Å². The van der Waals surface area contributed by atoms with Gasteiger partial charge < -0.3 is 9.67 Å². The number of halogens is 1. The minimum Gasteiger partial charge on any atom is -0.394 e. The molecule has 1 aromatic heterocycles. The lowest BCUT2D eigenvalue weighted by Crippen LogP contribution is -2.46. The molecule has 0 aliphatic heterocycles. The van der Waals surface area contributed by atoms with Crippen LogP contribution in [0.4, 0.5) is 0 Å². The molecule has 0 aliphatic carbocycles. The molecule has 3 aromatic rings. The second kappa shape index (κ2) is 8.47. The molecule has 1 unspecified atom stereocenters. The van der Waals surface area contributed by atoms with Crippen LogP contribution in [-0.2, 0) is 28.2 Å². The molecule has 0 radical (unpaired) electrons. The number of sulfonamides is 1. The van der Waals surface area contributed by atoms with E-state index in [1.165, 1.54) is 0 Å². The lowest BCUT2D eigenvalue weighted by atomic mass is 9.94. The van der Waals surface area contributed by atoms with Crippen molar-refractivity contribution in [3.8, 4) is 0 Å². The van der Waals surface area contributed by atoms with Crippen LogP contribution in [0, 0.1) is 6.92 Å². The lowest BCUT2D eigenvalue weighted by Gasteiger charge is -2.30. The van der Waals surface area contributed by atoms with E-state index < -0.39 is 21.4 Å². The Morgan fingerprint density at radius 1 is 1.13 bits per heavy atom. The van der Waals surface area contributed by atoms with Crippen LogP contribution < -0.4 is 5.14 Å². The maximum absolute atomic E-state index is 13.1. The number of hydrogen-bond donors (Lipinski definition) is 2. The number of nitrogens with zero attached hydrogens (tertiary/aromatic N) is 1. The van der Waals surface area contributed by atoms with Gasteiger partial charge in [0.1, 0.15) is 4.75 Å². The van der Waals surface area contributed by atoms with Gasteiger partial charge in [-0.2, -0.15) is 0 Å². The number of ketones is 1. The number of benzene rings is 2. The largest absolute Gasteiger partial charge is 0.394 e. The monoisotopic (exact) mass is 490 g/mol. The molecule has 0 saturated heterocycles. The topological polar surface area (TPSA) is 102 Å². The number of aliphatic hydroxyl groups is 1. The molecule has 3 rings (SSSR count). The molecule has 6 nitrogen and oxygen atoms in total. The molecule has 30 heavy (non-hydrogen) atoms. The fraction of sp³-hybridized carbons (Fsp3) is 0.227. The third-order valence-corrected chi connectivity index (χ3v) is 7.55. The molecule has 0 bridgehead atoms. The third-order valence-electron chi connectivity index (χ3n) is 5.46. The fourth-order valence-electron chi connectivity index (χ4n) is 3.62. The van der Waals surface area contributed by atoms with Crippen LogP contribution in [-0.4, -0.2) is 30.5 Å². The summed E-state index contributed by atoms with van der Waals surface area (Å²) in [5.41, 5.74) is 2.78.